The van der Waals surface area contributed by atoms with Gasteiger partial charge in [-0.3, -0.25) is 4.79 Å². The molecule has 1 amide bonds. The van der Waals surface area contributed by atoms with Gasteiger partial charge < -0.3 is 20.5 Å². The lowest BCUT2D eigenvalue weighted by Crippen LogP contribution is -2.34. The molecule has 1 fully saturated rings. The molecule has 5 nitrogen and oxygen atoms in total. The van der Waals surface area contributed by atoms with Crippen LogP contribution in [0.2, 0.25) is 0 Å². The number of rotatable bonds is 6. The molecule has 2 unspecified atom stereocenters. The maximum absolute atomic E-state index is 12.0. The zero-order valence-corrected chi connectivity index (χ0v) is 13.9. The van der Waals surface area contributed by atoms with Crippen LogP contribution in [0.15, 0.2) is 24.3 Å². The summed E-state index contributed by atoms with van der Waals surface area (Å²) >= 11 is 0. The van der Waals surface area contributed by atoms with Crippen molar-refractivity contribution in [2.75, 3.05) is 26.2 Å². The topological polar surface area (TPSA) is 70.6 Å². The Labute approximate surface area is 137 Å². The van der Waals surface area contributed by atoms with Crippen LogP contribution in [0.4, 0.5) is 0 Å². The van der Waals surface area contributed by atoms with E-state index in [1.54, 1.807) is 12.1 Å². The number of hydrogen-bond acceptors (Lipinski definition) is 4. The first-order chi connectivity index (χ1) is 10.1. The third-order valence-corrected chi connectivity index (χ3v) is 3.53. The van der Waals surface area contributed by atoms with Crippen molar-refractivity contribution in [3.63, 3.8) is 0 Å². The summed E-state index contributed by atoms with van der Waals surface area (Å²) in [5.74, 6) is 1.21. The molecule has 2 rings (SSSR count). The number of aliphatic hydroxyl groups is 1. The van der Waals surface area contributed by atoms with Gasteiger partial charge in [0.05, 0.1) is 12.7 Å². The minimum atomic E-state index is -0.378. The Morgan fingerprint density at radius 3 is 2.59 bits per heavy atom. The maximum Gasteiger partial charge on any atom is 0.251 e. The summed E-state index contributed by atoms with van der Waals surface area (Å²) in [4.78, 5) is 12.0. The first kappa shape index (κ1) is 18.7. The number of ether oxygens (including phenoxy) is 1. The number of halogens is 1. The van der Waals surface area contributed by atoms with Gasteiger partial charge in [0, 0.05) is 31.1 Å². The molecule has 22 heavy (non-hydrogen) atoms. The van der Waals surface area contributed by atoms with Crippen LogP contribution < -0.4 is 15.4 Å². The van der Waals surface area contributed by atoms with Crippen molar-refractivity contribution in [1.29, 1.82) is 0 Å². The molecule has 0 aromatic heterocycles. The van der Waals surface area contributed by atoms with Crippen LogP contribution in [0.3, 0.4) is 0 Å². The lowest BCUT2D eigenvalue weighted by Gasteiger charge is -2.14. The summed E-state index contributed by atoms with van der Waals surface area (Å²) in [6, 6.07) is 7.13. The first-order valence-corrected chi connectivity index (χ1v) is 7.46. The predicted molar refractivity (Wildman–Crippen MR) is 88.7 cm³/mol. The van der Waals surface area contributed by atoms with Gasteiger partial charge in [0.1, 0.15) is 5.75 Å². The van der Waals surface area contributed by atoms with Crippen molar-refractivity contribution >= 4 is 18.3 Å². The van der Waals surface area contributed by atoms with E-state index in [4.69, 9.17) is 4.74 Å². The van der Waals surface area contributed by atoms with Crippen LogP contribution in [0, 0.1) is 11.8 Å². The SMILES string of the molecule is CC(C)COc1ccc(C(=O)NCC2CNCC2O)cc1.Cl. The highest BCUT2D eigenvalue weighted by atomic mass is 35.5. The Kier molecular flexibility index (Phi) is 7.65. The molecule has 0 radical (unpaired) electrons. The number of β-amino-alcohol motifs (C(OH)–C–C–N with tert-alkyl or cyclic N) is 1. The lowest BCUT2D eigenvalue weighted by atomic mass is 10.1. The fourth-order valence-electron chi connectivity index (χ4n) is 2.22. The monoisotopic (exact) mass is 328 g/mol. The normalized spacial score (nSPS) is 20.5. The molecule has 1 aliphatic rings. The first-order valence-electron chi connectivity index (χ1n) is 7.46. The van der Waals surface area contributed by atoms with E-state index >= 15 is 0 Å². The second kappa shape index (κ2) is 8.98. The zero-order chi connectivity index (χ0) is 15.2. The molecule has 3 N–H and O–H groups in total. The number of hydrogen-bond donors (Lipinski definition) is 3. The molecular weight excluding hydrogens is 304 g/mol. The zero-order valence-electron chi connectivity index (χ0n) is 13.0. The van der Waals surface area contributed by atoms with Crippen LogP contribution in [-0.2, 0) is 0 Å². The molecule has 0 aliphatic carbocycles. The second-order valence-corrected chi connectivity index (χ2v) is 5.92. The summed E-state index contributed by atoms with van der Waals surface area (Å²) in [6.45, 7) is 6.67. The smallest absolute Gasteiger partial charge is 0.251 e. The van der Waals surface area contributed by atoms with Crippen molar-refractivity contribution in [3.8, 4) is 5.75 Å². The van der Waals surface area contributed by atoms with Crippen LogP contribution in [-0.4, -0.2) is 43.4 Å². The van der Waals surface area contributed by atoms with Gasteiger partial charge in [-0.05, 0) is 30.2 Å². The van der Waals surface area contributed by atoms with Crippen molar-refractivity contribution < 1.29 is 14.6 Å². The number of aliphatic hydroxyl groups excluding tert-OH is 1. The molecule has 0 spiro atoms. The minimum absolute atomic E-state index is 0. The summed E-state index contributed by atoms with van der Waals surface area (Å²) in [7, 11) is 0. The number of carbonyl (C=O) groups excluding carboxylic acids is 1. The van der Waals surface area contributed by atoms with Crippen LogP contribution in [0.5, 0.6) is 5.75 Å². The van der Waals surface area contributed by atoms with E-state index in [0.29, 0.717) is 31.2 Å². The molecule has 1 heterocycles. The molecule has 2 atom stereocenters. The van der Waals surface area contributed by atoms with Gasteiger partial charge >= 0.3 is 0 Å². The fourth-order valence-corrected chi connectivity index (χ4v) is 2.22. The highest BCUT2D eigenvalue weighted by Crippen LogP contribution is 2.13. The standard InChI is InChI=1S/C16H24N2O3.ClH/c1-11(2)10-21-14-5-3-12(4-6-14)16(20)18-8-13-7-17-9-15(13)19;/h3-6,11,13,15,17,19H,7-10H2,1-2H3,(H,18,20);1H. The van der Waals surface area contributed by atoms with E-state index in [2.05, 4.69) is 24.5 Å². The molecular formula is C16H25ClN2O3. The Bertz CT molecular complexity index is 465. The van der Waals surface area contributed by atoms with Crippen molar-refractivity contribution in [2.45, 2.75) is 20.0 Å². The van der Waals surface area contributed by atoms with E-state index in [0.717, 1.165) is 12.3 Å². The Morgan fingerprint density at radius 2 is 2.05 bits per heavy atom. The van der Waals surface area contributed by atoms with E-state index in [9.17, 15) is 9.90 Å². The Balaban J connectivity index is 0.00000242. The van der Waals surface area contributed by atoms with Gasteiger partial charge in [0.25, 0.3) is 5.91 Å². The van der Waals surface area contributed by atoms with Gasteiger partial charge in [-0.1, -0.05) is 13.8 Å². The summed E-state index contributed by atoms with van der Waals surface area (Å²) in [5, 5.41) is 15.6. The molecule has 124 valence electrons. The fraction of sp³-hybridized carbons (Fsp3) is 0.562. The number of amides is 1. The molecule has 1 aromatic carbocycles. The summed E-state index contributed by atoms with van der Waals surface area (Å²) in [6.07, 6.45) is -0.378. The number of benzene rings is 1. The summed E-state index contributed by atoms with van der Waals surface area (Å²) < 4.78 is 5.58. The van der Waals surface area contributed by atoms with Gasteiger partial charge in [-0.2, -0.15) is 0 Å². The average molecular weight is 329 g/mol. The summed E-state index contributed by atoms with van der Waals surface area (Å²) in [5.41, 5.74) is 0.604. The Morgan fingerprint density at radius 1 is 1.36 bits per heavy atom. The average Bonchev–Trinajstić information content (AvgIpc) is 2.88. The van der Waals surface area contributed by atoms with Crippen molar-refractivity contribution in [2.24, 2.45) is 11.8 Å². The largest absolute Gasteiger partial charge is 0.493 e. The van der Waals surface area contributed by atoms with Gasteiger partial charge in [-0.15, -0.1) is 12.4 Å². The molecule has 0 saturated carbocycles. The van der Waals surface area contributed by atoms with Crippen LogP contribution in [0.25, 0.3) is 0 Å². The quantitative estimate of drug-likeness (QED) is 0.739. The highest BCUT2D eigenvalue weighted by Gasteiger charge is 2.25. The Hall–Kier alpha value is -1.30. The van der Waals surface area contributed by atoms with Crippen LogP contribution in [0.1, 0.15) is 24.2 Å². The predicted octanol–water partition coefficient (Wildman–Crippen LogP) is 1.45. The van der Waals surface area contributed by atoms with Crippen LogP contribution >= 0.6 is 12.4 Å². The van der Waals surface area contributed by atoms with Crippen molar-refractivity contribution in [1.82, 2.24) is 10.6 Å². The third-order valence-electron chi connectivity index (χ3n) is 3.53. The molecule has 1 aliphatic heterocycles. The highest BCUT2D eigenvalue weighted by molar-refractivity contribution is 5.94. The van der Waals surface area contributed by atoms with Gasteiger partial charge in [-0.25, -0.2) is 0 Å². The van der Waals surface area contributed by atoms with Crippen molar-refractivity contribution in [3.05, 3.63) is 29.8 Å². The molecule has 6 heteroatoms. The lowest BCUT2D eigenvalue weighted by molar-refractivity contribution is 0.0927. The van der Waals surface area contributed by atoms with E-state index in [1.807, 2.05) is 12.1 Å². The maximum atomic E-state index is 12.0. The van der Waals surface area contributed by atoms with E-state index in [1.165, 1.54) is 0 Å². The third kappa shape index (κ3) is 5.48. The molecule has 1 saturated heterocycles. The molecule has 1 aromatic rings. The van der Waals surface area contributed by atoms with Gasteiger partial charge in [0.2, 0.25) is 0 Å². The molecule has 0 bridgehead atoms. The minimum Gasteiger partial charge on any atom is -0.493 e. The van der Waals surface area contributed by atoms with Gasteiger partial charge in [0.15, 0.2) is 0 Å². The number of carbonyl (C=O) groups is 1. The van der Waals surface area contributed by atoms with E-state index < -0.39 is 0 Å². The number of nitrogens with one attached hydrogen (secondary N) is 2. The second-order valence-electron chi connectivity index (χ2n) is 5.92. The van der Waals surface area contributed by atoms with E-state index in [-0.39, 0.29) is 30.3 Å².